The van der Waals surface area contributed by atoms with Gasteiger partial charge in [-0.25, -0.2) is 4.79 Å². The number of methoxy groups -OCH3 is 2. The first kappa shape index (κ1) is 21.7. The summed E-state index contributed by atoms with van der Waals surface area (Å²) in [6, 6.07) is 4.60. The van der Waals surface area contributed by atoms with Gasteiger partial charge in [-0.15, -0.1) is 0 Å². The average Bonchev–Trinajstić information content (AvgIpc) is 2.77. The second-order valence-corrected chi connectivity index (χ2v) is 8.02. The number of fused-ring (bicyclic) bond motifs is 1. The minimum atomic E-state index is -0.673. The van der Waals surface area contributed by atoms with Crippen LogP contribution in [0, 0.1) is 0 Å². The zero-order valence-corrected chi connectivity index (χ0v) is 18.0. The van der Waals surface area contributed by atoms with Crippen LogP contribution in [0.15, 0.2) is 34.0 Å². The lowest BCUT2D eigenvalue weighted by Gasteiger charge is -2.44. The van der Waals surface area contributed by atoms with Gasteiger partial charge in [-0.3, -0.25) is 19.4 Å². The van der Waals surface area contributed by atoms with Crippen molar-refractivity contribution in [3.05, 3.63) is 50.8 Å². The third-order valence-corrected chi connectivity index (χ3v) is 6.07. The molecular formula is C22H25N3O7. The molecule has 2 aliphatic heterocycles. The number of hydrogen-bond donors (Lipinski definition) is 1. The van der Waals surface area contributed by atoms with E-state index in [0.29, 0.717) is 48.7 Å². The van der Waals surface area contributed by atoms with Crippen LogP contribution in [-0.2, 0) is 11.3 Å². The van der Waals surface area contributed by atoms with Gasteiger partial charge in [0.2, 0.25) is 5.91 Å². The van der Waals surface area contributed by atoms with Crippen molar-refractivity contribution in [2.75, 3.05) is 27.3 Å². The SMILES string of the molecule is COc1cc(OC)c2c(c1)OC1(CCN(C(=O)CCn3ccc(=O)[nH]c3=O)CC1)CC2=O. The van der Waals surface area contributed by atoms with Gasteiger partial charge in [0, 0.05) is 63.3 Å². The van der Waals surface area contributed by atoms with Crippen molar-refractivity contribution in [3.63, 3.8) is 0 Å². The summed E-state index contributed by atoms with van der Waals surface area (Å²) in [4.78, 5) is 52.4. The number of carbonyl (C=O) groups is 2. The summed E-state index contributed by atoms with van der Waals surface area (Å²) in [6.45, 7) is 1.07. The molecule has 0 aliphatic carbocycles. The number of aromatic nitrogens is 2. The Morgan fingerprint density at radius 2 is 1.91 bits per heavy atom. The number of nitrogens with one attached hydrogen (secondary N) is 1. The fraction of sp³-hybridized carbons (Fsp3) is 0.455. The van der Waals surface area contributed by atoms with E-state index < -0.39 is 16.9 Å². The standard InChI is InChI=1S/C22H25N3O7/c1-30-14-11-16(31-2)20-15(26)13-22(32-17(20)12-14)5-9-24(10-6-22)19(28)4-8-25-7-3-18(27)23-21(25)29/h3,7,11-12H,4-6,8-10,13H2,1-2H3,(H,23,27,29). The summed E-state index contributed by atoms with van der Waals surface area (Å²) in [5.74, 6) is 1.25. The highest BCUT2D eigenvalue weighted by Gasteiger charge is 2.44. The van der Waals surface area contributed by atoms with Crippen LogP contribution in [-0.4, -0.2) is 59.1 Å². The number of amides is 1. The summed E-state index contributed by atoms with van der Waals surface area (Å²) in [7, 11) is 3.03. The summed E-state index contributed by atoms with van der Waals surface area (Å²) >= 11 is 0. The second-order valence-electron chi connectivity index (χ2n) is 8.02. The van der Waals surface area contributed by atoms with Crippen LogP contribution in [0.5, 0.6) is 17.2 Å². The Balaban J connectivity index is 1.42. The Bertz CT molecular complexity index is 1160. The van der Waals surface area contributed by atoms with E-state index in [9.17, 15) is 19.2 Å². The summed E-state index contributed by atoms with van der Waals surface area (Å²) in [5.41, 5.74) is -1.27. The number of aromatic amines is 1. The van der Waals surface area contributed by atoms with Crippen molar-refractivity contribution in [2.45, 2.75) is 37.8 Å². The van der Waals surface area contributed by atoms with E-state index in [0.717, 1.165) is 0 Å². The molecular weight excluding hydrogens is 418 g/mol. The van der Waals surface area contributed by atoms with Crippen molar-refractivity contribution in [2.24, 2.45) is 0 Å². The Morgan fingerprint density at radius 3 is 2.56 bits per heavy atom. The van der Waals surface area contributed by atoms with Gasteiger partial charge < -0.3 is 23.7 Å². The maximum Gasteiger partial charge on any atom is 0.328 e. The Hall–Kier alpha value is -3.56. The number of piperidine rings is 1. The molecule has 2 aliphatic rings. The van der Waals surface area contributed by atoms with Crippen LogP contribution in [0.2, 0.25) is 0 Å². The van der Waals surface area contributed by atoms with Gasteiger partial charge in [0.25, 0.3) is 5.56 Å². The van der Waals surface area contributed by atoms with E-state index in [1.807, 2.05) is 0 Å². The van der Waals surface area contributed by atoms with E-state index in [2.05, 4.69) is 4.98 Å². The van der Waals surface area contributed by atoms with Crippen LogP contribution in [0.4, 0.5) is 0 Å². The number of likely N-dealkylation sites (tertiary alicyclic amines) is 1. The van der Waals surface area contributed by atoms with Crippen molar-refractivity contribution in [3.8, 4) is 17.2 Å². The van der Waals surface area contributed by atoms with Gasteiger partial charge in [-0.1, -0.05) is 0 Å². The largest absolute Gasteiger partial charge is 0.496 e. The summed E-state index contributed by atoms with van der Waals surface area (Å²) in [6.07, 6.45) is 2.76. The molecule has 1 aromatic carbocycles. The normalized spacial score (nSPS) is 16.9. The topological polar surface area (TPSA) is 120 Å². The number of rotatable bonds is 5. The molecule has 1 fully saturated rings. The molecule has 0 radical (unpaired) electrons. The predicted octanol–water partition coefficient (Wildman–Crippen LogP) is 0.970. The molecule has 1 amide bonds. The number of benzene rings is 1. The van der Waals surface area contributed by atoms with E-state index in [1.54, 1.807) is 17.0 Å². The van der Waals surface area contributed by atoms with Crippen LogP contribution in [0.1, 0.15) is 36.0 Å². The highest BCUT2D eigenvalue weighted by Crippen LogP contribution is 2.44. The predicted molar refractivity (Wildman–Crippen MR) is 114 cm³/mol. The maximum absolute atomic E-state index is 12.9. The number of hydrogen-bond acceptors (Lipinski definition) is 7. The zero-order chi connectivity index (χ0) is 22.9. The molecule has 1 saturated heterocycles. The fourth-order valence-electron chi connectivity index (χ4n) is 4.29. The van der Waals surface area contributed by atoms with Gasteiger partial charge in [0.15, 0.2) is 5.78 Å². The van der Waals surface area contributed by atoms with Gasteiger partial charge in [0.05, 0.1) is 20.6 Å². The van der Waals surface area contributed by atoms with E-state index >= 15 is 0 Å². The molecule has 0 atom stereocenters. The summed E-state index contributed by atoms with van der Waals surface area (Å²) in [5, 5.41) is 0. The molecule has 32 heavy (non-hydrogen) atoms. The Kier molecular flexibility index (Phi) is 5.77. The Morgan fingerprint density at radius 1 is 1.16 bits per heavy atom. The molecule has 0 unspecified atom stereocenters. The number of Topliss-reactive ketones (excluding diaryl/α,β-unsaturated/α-hetero) is 1. The number of H-pyrrole nitrogens is 1. The van der Waals surface area contributed by atoms with Gasteiger partial charge in [-0.2, -0.15) is 0 Å². The number of ketones is 1. The fourth-order valence-corrected chi connectivity index (χ4v) is 4.29. The molecule has 2 aromatic rings. The first-order chi connectivity index (χ1) is 15.3. The molecule has 1 aromatic heterocycles. The van der Waals surface area contributed by atoms with E-state index in [1.165, 1.54) is 31.0 Å². The third-order valence-electron chi connectivity index (χ3n) is 6.07. The lowest BCUT2D eigenvalue weighted by atomic mass is 9.82. The summed E-state index contributed by atoms with van der Waals surface area (Å²) < 4.78 is 18.2. The first-order valence-electron chi connectivity index (χ1n) is 10.4. The number of aryl methyl sites for hydroxylation is 1. The number of ether oxygens (including phenoxy) is 3. The number of nitrogens with zero attached hydrogens (tertiary/aromatic N) is 2. The van der Waals surface area contributed by atoms with Crippen molar-refractivity contribution in [1.82, 2.24) is 14.5 Å². The van der Waals surface area contributed by atoms with Gasteiger partial charge >= 0.3 is 5.69 Å². The maximum atomic E-state index is 12.9. The molecule has 1 spiro atoms. The van der Waals surface area contributed by atoms with Crippen molar-refractivity contribution < 1.29 is 23.8 Å². The molecule has 10 nitrogen and oxygen atoms in total. The van der Waals surface area contributed by atoms with Crippen LogP contribution >= 0.6 is 0 Å². The van der Waals surface area contributed by atoms with Gasteiger partial charge in [0.1, 0.15) is 28.4 Å². The molecule has 1 N–H and O–H groups in total. The minimum absolute atomic E-state index is 0.0528. The van der Waals surface area contributed by atoms with Gasteiger partial charge in [-0.05, 0) is 0 Å². The molecule has 4 rings (SSSR count). The third kappa shape index (κ3) is 4.12. The highest BCUT2D eigenvalue weighted by molar-refractivity contribution is 6.03. The van der Waals surface area contributed by atoms with Crippen molar-refractivity contribution in [1.29, 1.82) is 0 Å². The lowest BCUT2D eigenvalue weighted by molar-refractivity contribution is -0.135. The monoisotopic (exact) mass is 443 g/mol. The second kappa shape index (κ2) is 8.52. The highest BCUT2D eigenvalue weighted by atomic mass is 16.5. The zero-order valence-electron chi connectivity index (χ0n) is 18.0. The lowest BCUT2D eigenvalue weighted by Crippen LogP contribution is -2.52. The average molecular weight is 443 g/mol. The first-order valence-corrected chi connectivity index (χ1v) is 10.4. The van der Waals surface area contributed by atoms with Crippen LogP contribution < -0.4 is 25.5 Å². The smallest absolute Gasteiger partial charge is 0.328 e. The van der Waals surface area contributed by atoms with Crippen molar-refractivity contribution >= 4 is 11.7 Å². The van der Waals surface area contributed by atoms with Crippen LogP contribution in [0.25, 0.3) is 0 Å². The van der Waals surface area contributed by atoms with E-state index in [-0.39, 0.29) is 31.1 Å². The molecule has 0 saturated carbocycles. The van der Waals surface area contributed by atoms with Crippen LogP contribution in [0.3, 0.4) is 0 Å². The molecule has 3 heterocycles. The quantitative estimate of drug-likeness (QED) is 0.731. The molecule has 10 heteroatoms. The van der Waals surface area contributed by atoms with E-state index in [4.69, 9.17) is 14.2 Å². The Labute approximate surface area is 183 Å². The molecule has 0 bridgehead atoms. The number of carbonyl (C=O) groups excluding carboxylic acids is 2. The minimum Gasteiger partial charge on any atom is -0.496 e. The molecule has 170 valence electrons.